The van der Waals surface area contributed by atoms with Crippen LogP contribution in [0, 0.1) is 6.92 Å². The summed E-state index contributed by atoms with van der Waals surface area (Å²) in [7, 11) is -1.58. The molecule has 0 bridgehead atoms. The Morgan fingerprint density at radius 1 is 1.16 bits per heavy atom. The Labute approximate surface area is 203 Å². The van der Waals surface area contributed by atoms with Gasteiger partial charge in [-0.05, 0) is 36.2 Å². The lowest BCUT2D eigenvalue weighted by molar-refractivity contribution is 0.375. The number of nitrogens with one attached hydrogen (secondary N) is 2. The first-order chi connectivity index (χ1) is 14.3. The zero-order valence-corrected chi connectivity index (χ0v) is 21.1. The minimum atomic E-state index is -3.23. The number of sulfone groups is 1. The lowest BCUT2D eigenvalue weighted by Gasteiger charge is -2.12. The van der Waals surface area contributed by atoms with Gasteiger partial charge in [-0.2, -0.15) is 4.98 Å². The molecule has 0 saturated heterocycles. The maximum Gasteiger partial charge on any atom is 0.246 e. The minimum Gasteiger partial charge on any atom is -0.352 e. The van der Waals surface area contributed by atoms with Crippen LogP contribution in [0.5, 0.6) is 0 Å². The molecule has 0 radical (unpaired) electrons. The highest BCUT2D eigenvalue weighted by molar-refractivity contribution is 14.0. The van der Waals surface area contributed by atoms with Crippen LogP contribution >= 0.6 is 35.6 Å². The third kappa shape index (κ3) is 6.91. The van der Waals surface area contributed by atoms with Crippen LogP contribution in [0.2, 0.25) is 5.02 Å². The quantitative estimate of drug-likeness (QED) is 0.263. The van der Waals surface area contributed by atoms with Gasteiger partial charge < -0.3 is 15.2 Å². The van der Waals surface area contributed by atoms with Gasteiger partial charge in [0.15, 0.2) is 15.8 Å². The normalized spacial score (nSPS) is 11.7. The number of guanidine groups is 1. The molecule has 166 valence electrons. The van der Waals surface area contributed by atoms with Crippen molar-refractivity contribution in [2.24, 2.45) is 4.99 Å². The fourth-order valence-corrected chi connectivity index (χ4v) is 4.02. The summed E-state index contributed by atoms with van der Waals surface area (Å²) in [6.45, 7) is 2.54. The molecule has 0 aliphatic heterocycles. The third-order valence-corrected chi connectivity index (χ3v) is 5.77. The zero-order chi connectivity index (χ0) is 21.7. The monoisotopic (exact) mass is 575 g/mol. The number of aryl methyl sites for hydroxylation is 1. The molecule has 2 aromatic carbocycles. The molecule has 0 unspecified atom stereocenters. The average Bonchev–Trinajstić information content (AvgIpc) is 3.16. The number of hydrogen-bond donors (Lipinski definition) is 2. The van der Waals surface area contributed by atoms with Gasteiger partial charge in [0, 0.05) is 30.4 Å². The molecule has 0 atom stereocenters. The molecule has 0 spiro atoms. The lowest BCUT2D eigenvalue weighted by Crippen LogP contribution is -2.36. The first-order valence-corrected chi connectivity index (χ1v) is 11.4. The Morgan fingerprint density at radius 3 is 2.55 bits per heavy atom. The molecule has 8 nitrogen and oxygen atoms in total. The van der Waals surface area contributed by atoms with Gasteiger partial charge in [0.25, 0.3) is 0 Å². The molecule has 0 amide bonds. The van der Waals surface area contributed by atoms with E-state index in [9.17, 15) is 8.42 Å². The van der Waals surface area contributed by atoms with Gasteiger partial charge >= 0.3 is 0 Å². The van der Waals surface area contributed by atoms with Crippen molar-refractivity contribution in [3.63, 3.8) is 0 Å². The second-order valence-electron chi connectivity index (χ2n) is 6.67. The summed E-state index contributed by atoms with van der Waals surface area (Å²) in [5, 5.41) is 10.8. The van der Waals surface area contributed by atoms with Gasteiger partial charge in [-0.15, -0.1) is 24.0 Å². The van der Waals surface area contributed by atoms with E-state index >= 15 is 0 Å². The molecule has 0 saturated carbocycles. The number of rotatable bonds is 6. The summed E-state index contributed by atoms with van der Waals surface area (Å²) < 4.78 is 28.7. The summed E-state index contributed by atoms with van der Waals surface area (Å²) in [4.78, 5) is 8.85. The molecule has 11 heteroatoms. The topological polar surface area (TPSA) is 109 Å². The predicted octanol–water partition coefficient (Wildman–Crippen LogP) is 3.59. The molecule has 3 rings (SSSR count). The SMILES string of the molecule is CN=C(NCc1ccc(S(C)(=O)=O)c(C)c1)NCc1nc(-c2cccc(Cl)c2)no1.I. The zero-order valence-electron chi connectivity index (χ0n) is 17.2. The maximum atomic E-state index is 11.7. The number of aliphatic imine (C=N–C) groups is 1. The van der Waals surface area contributed by atoms with Crippen molar-refractivity contribution in [2.45, 2.75) is 24.9 Å². The minimum absolute atomic E-state index is 0. The van der Waals surface area contributed by atoms with Gasteiger partial charge in [-0.3, -0.25) is 4.99 Å². The van der Waals surface area contributed by atoms with E-state index in [1.165, 1.54) is 6.26 Å². The van der Waals surface area contributed by atoms with Gasteiger partial charge in [-0.1, -0.05) is 41.0 Å². The first kappa shape index (κ1) is 25.1. The third-order valence-electron chi connectivity index (χ3n) is 4.28. The highest BCUT2D eigenvalue weighted by Crippen LogP contribution is 2.20. The van der Waals surface area contributed by atoms with E-state index in [0.29, 0.717) is 46.2 Å². The summed E-state index contributed by atoms with van der Waals surface area (Å²) >= 11 is 6.00. The largest absolute Gasteiger partial charge is 0.352 e. The summed E-state index contributed by atoms with van der Waals surface area (Å²) in [5.74, 6) is 1.40. The van der Waals surface area contributed by atoms with Crippen molar-refractivity contribution in [3.05, 3.63) is 64.5 Å². The van der Waals surface area contributed by atoms with Crippen molar-refractivity contribution < 1.29 is 12.9 Å². The number of hydrogen-bond acceptors (Lipinski definition) is 6. The number of aromatic nitrogens is 2. The predicted molar refractivity (Wildman–Crippen MR) is 131 cm³/mol. The molecule has 1 heterocycles. The van der Waals surface area contributed by atoms with E-state index in [2.05, 4.69) is 25.8 Å². The fraction of sp³-hybridized carbons (Fsp3) is 0.250. The molecule has 2 N–H and O–H groups in total. The first-order valence-electron chi connectivity index (χ1n) is 9.09. The summed E-state index contributed by atoms with van der Waals surface area (Å²) in [6, 6.07) is 12.5. The highest BCUT2D eigenvalue weighted by Gasteiger charge is 2.12. The molecule has 3 aromatic rings. The molecular formula is C20H23ClIN5O3S. The van der Waals surface area contributed by atoms with Crippen LogP contribution in [-0.2, 0) is 22.9 Å². The number of benzene rings is 2. The molecule has 31 heavy (non-hydrogen) atoms. The van der Waals surface area contributed by atoms with Crippen molar-refractivity contribution in [1.29, 1.82) is 0 Å². The second-order valence-corrected chi connectivity index (χ2v) is 9.09. The average molecular weight is 576 g/mol. The fourth-order valence-electron chi connectivity index (χ4n) is 2.87. The smallest absolute Gasteiger partial charge is 0.246 e. The van der Waals surface area contributed by atoms with Gasteiger partial charge in [0.1, 0.15) is 0 Å². The van der Waals surface area contributed by atoms with Crippen LogP contribution in [-0.4, -0.2) is 37.8 Å². The van der Waals surface area contributed by atoms with E-state index in [-0.39, 0.29) is 24.0 Å². The van der Waals surface area contributed by atoms with Crippen molar-refractivity contribution in [1.82, 2.24) is 20.8 Å². The van der Waals surface area contributed by atoms with Crippen molar-refractivity contribution in [3.8, 4) is 11.4 Å². The Bertz CT molecular complexity index is 1180. The standard InChI is InChI=1S/C20H22ClN5O3S.HI/c1-13-9-14(7-8-17(13)30(3,27)28)11-23-20(22-2)24-12-18-25-19(26-29-18)15-5-4-6-16(21)10-15;/h4-10H,11-12H2,1-3H3,(H2,22,23,24);1H. The molecule has 1 aromatic heterocycles. The Kier molecular flexibility index (Phi) is 8.83. The number of nitrogens with zero attached hydrogens (tertiary/aromatic N) is 3. The van der Waals surface area contributed by atoms with Gasteiger partial charge in [0.05, 0.1) is 11.4 Å². The van der Waals surface area contributed by atoms with Crippen LogP contribution < -0.4 is 10.6 Å². The Balaban J connectivity index is 0.00000341. The molecular weight excluding hydrogens is 553 g/mol. The van der Waals surface area contributed by atoms with Crippen LogP contribution in [0.3, 0.4) is 0 Å². The van der Waals surface area contributed by atoms with E-state index in [0.717, 1.165) is 11.1 Å². The van der Waals surface area contributed by atoms with E-state index in [4.69, 9.17) is 16.1 Å². The van der Waals surface area contributed by atoms with Crippen molar-refractivity contribution >= 4 is 51.4 Å². The Hall–Kier alpha value is -2.18. The number of halogens is 2. The van der Waals surface area contributed by atoms with E-state index < -0.39 is 9.84 Å². The van der Waals surface area contributed by atoms with Gasteiger partial charge in [-0.25, -0.2) is 8.42 Å². The molecule has 0 aliphatic carbocycles. The van der Waals surface area contributed by atoms with Crippen LogP contribution in [0.1, 0.15) is 17.0 Å². The summed E-state index contributed by atoms with van der Waals surface area (Å²) in [5.41, 5.74) is 2.41. The maximum absolute atomic E-state index is 11.7. The lowest BCUT2D eigenvalue weighted by atomic mass is 10.1. The second kappa shape index (κ2) is 10.9. The van der Waals surface area contributed by atoms with Crippen LogP contribution in [0.4, 0.5) is 0 Å². The van der Waals surface area contributed by atoms with Crippen molar-refractivity contribution in [2.75, 3.05) is 13.3 Å². The molecule has 0 fully saturated rings. The van der Waals surface area contributed by atoms with Crippen LogP contribution in [0.15, 0.2) is 56.9 Å². The highest BCUT2D eigenvalue weighted by atomic mass is 127. The van der Waals surface area contributed by atoms with E-state index in [1.54, 1.807) is 38.2 Å². The molecule has 0 aliphatic rings. The van der Waals surface area contributed by atoms with Crippen LogP contribution in [0.25, 0.3) is 11.4 Å². The summed E-state index contributed by atoms with van der Waals surface area (Å²) in [6.07, 6.45) is 1.20. The Morgan fingerprint density at radius 2 is 1.90 bits per heavy atom. The van der Waals surface area contributed by atoms with E-state index in [1.807, 2.05) is 18.2 Å². The van der Waals surface area contributed by atoms with Gasteiger partial charge in [0.2, 0.25) is 11.7 Å².